The van der Waals surface area contributed by atoms with Gasteiger partial charge in [-0.05, 0) is 18.4 Å². The Labute approximate surface area is 126 Å². The average Bonchev–Trinajstić information content (AvgIpc) is 2.41. The molecule has 0 aliphatic rings. The van der Waals surface area contributed by atoms with Crippen LogP contribution >= 0.6 is 0 Å². The second-order valence-electron chi connectivity index (χ2n) is 6.15. The van der Waals surface area contributed by atoms with Gasteiger partial charge in [0.25, 0.3) is 5.69 Å². The van der Waals surface area contributed by atoms with E-state index in [2.05, 4.69) is 38.0 Å². The van der Waals surface area contributed by atoms with Crippen molar-refractivity contribution < 1.29 is 9.66 Å². The zero-order valence-corrected chi connectivity index (χ0v) is 13.5. The van der Waals surface area contributed by atoms with E-state index < -0.39 is 0 Å². The number of methoxy groups -OCH3 is 1. The van der Waals surface area contributed by atoms with Gasteiger partial charge < -0.3 is 10.1 Å². The summed E-state index contributed by atoms with van der Waals surface area (Å²) >= 11 is 0. The number of hydrogen-bond acceptors (Lipinski definition) is 5. The molecule has 1 unspecified atom stereocenters. The highest BCUT2D eigenvalue weighted by atomic mass is 16.6. The second kappa shape index (κ2) is 7.36. The molecule has 0 spiro atoms. The number of hydrogen-bond donors (Lipinski definition) is 1. The van der Waals surface area contributed by atoms with Crippen molar-refractivity contribution in [1.29, 1.82) is 0 Å². The van der Waals surface area contributed by atoms with Crippen molar-refractivity contribution in [2.24, 2.45) is 5.41 Å². The van der Waals surface area contributed by atoms with Crippen molar-refractivity contribution in [3.05, 3.63) is 27.9 Å². The molecule has 6 nitrogen and oxygen atoms in total. The van der Waals surface area contributed by atoms with Crippen LogP contribution in [0.3, 0.4) is 0 Å². The van der Waals surface area contributed by atoms with E-state index >= 15 is 0 Å². The first-order valence-corrected chi connectivity index (χ1v) is 7.21. The molecule has 0 aliphatic heterocycles. The standard InChI is InChI=1S/C15H25N3O3/c1-6-9-16-13(15(2,3)4)10-11-12(18(19)20)7-8-14(17-11)21-5/h7-8,13,16H,6,9-10H2,1-5H3. The van der Waals surface area contributed by atoms with Gasteiger partial charge in [0.05, 0.1) is 12.0 Å². The number of rotatable bonds is 7. The van der Waals surface area contributed by atoms with E-state index in [-0.39, 0.29) is 22.1 Å². The highest BCUT2D eigenvalue weighted by Gasteiger charge is 2.28. The minimum Gasteiger partial charge on any atom is -0.481 e. The predicted octanol–water partition coefficient (Wildman–Crippen LogP) is 2.96. The van der Waals surface area contributed by atoms with E-state index in [1.54, 1.807) is 0 Å². The van der Waals surface area contributed by atoms with E-state index in [0.29, 0.717) is 18.0 Å². The van der Waals surface area contributed by atoms with Crippen molar-refractivity contribution in [2.45, 2.75) is 46.6 Å². The van der Waals surface area contributed by atoms with E-state index in [0.717, 1.165) is 13.0 Å². The van der Waals surface area contributed by atoms with Gasteiger partial charge in [-0.1, -0.05) is 27.7 Å². The van der Waals surface area contributed by atoms with Gasteiger partial charge in [-0.15, -0.1) is 0 Å². The van der Waals surface area contributed by atoms with Gasteiger partial charge in [0.2, 0.25) is 5.88 Å². The maximum atomic E-state index is 11.2. The fraction of sp³-hybridized carbons (Fsp3) is 0.667. The first-order valence-electron chi connectivity index (χ1n) is 7.21. The molecule has 0 fully saturated rings. The number of pyridine rings is 1. The molecule has 0 amide bonds. The number of aromatic nitrogens is 1. The number of nitrogens with zero attached hydrogens (tertiary/aromatic N) is 2. The molecule has 1 heterocycles. The highest BCUT2D eigenvalue weighted by molar-refractivity contribution is 5.38. The van der Waals surface area contributed by atoms with Gasteiger partial charge in [0.1, 0.15) is 5.69 Å². The van der Waals surface area contributed by atoms with Crippen LogP contribution in [0.2, 0.25) is 0 Å². The maximum absolute atomic E-state index is 11.2. The SMILES string of the molecule is CCCNC(Cc1nc(OC)ccc1[N+](=O)[O-])C(C)(C)C. The number of nitro groups is 1. The summed E-state index contributed by atoms with van der Waals surface area (Å²) in [4.78, 5) is 15.1. The summed E-state index contributed by atoms with van der Waals surface area (Å²) in [7, 11) is 1.51. The third kappa shape index (κ3) is 4.97. The minimum atomic E-state index is -0.388. The Bertz CT molecular complexity index is 484. The Morgan fingerprint density at radius 2 is 2.10 bits per heavy atom. The molecule has 0 radical (unpaired) electrons. The number of nitrogens with one attached hydrogen (secondary N) is 1. The van der Waals surface area contributed by atoms with Crippen LogP contribution < -0.4 is 10.1 Å². The topological polar surface area (TPSA) is 77.3 Å². The molecule has 0 bridgehead atoms. The molecule has 1 N–H and O–H groups in total. The van der Waals surface area contributed by atoms with Gasteiger partial charge in [-0.3, -0.25) is 10.1 Å². The Morgan fingerprint density at radius 3 is 2.57 bits per heavy atom. The van der Waals surface area contributed by atoms with E-state index in [4.69, 9.17) is 4.74 Å². The van der Waals surface area contributed by atoms with Crippen molar-refractivity contribution in [3.8, 4) is 5.88 Å². The van der Waals surface area contributed by atoms with Gasteiger partial charge in [0, 0.05) is 24.6 Å². The lowest BCUT2D eigenvalue weighted by atomic mass is 9.83. The van der Waals surface area contributed by atoms with Gasteiger partial charge in [0.15, 0.2) is 0 Å². The molecular weight excluding hydrogens is 270 g/mol. The highest BCUT2D eigenvalue weighted by Crippen LogP contribution is 2.27. The quantitative estimate of drug-likeness (QED) is 0.618. The summed E-state index contributed by atoms with van der Waals surface area (Å²) in [6.07, 6.45) is 1.51. The van der Waals surface area contributed by atoms with E-state index in [9.17, 15) is 10.1 Å². The third-order valence-electron chi connectivity index (χ3n) is 3.41. The molecule has 118 valence electrons. The summed E-state index contributed by atoms with van der Waals surface area (Å²) in [5.74, 6) is 0.402. The summed E-state index contributed by atoms with van der Waals surface area (Å²) in [6, 6.07) is 3.09. The fourth-order valence-corrected chi connectivity index (χ4v) is 2.10. The van der Waals surface area contributed by atoms with Crippen LogP contribution in [0, 0.1) is 15.5 Å². The Balaban J connectivity index is 3.08. The molecule has 0 saturated heterocycles. The molecule has 0 saturated carbocycles. The summed E-state index contributed by atoms with van der Waals surface area (Å²) in [5, 5.41) is 14.6. The predicted molar refractivity (Wildman–Crippen MR) is 82.7 cm³/mol. The summed E-state index contributed by atoms with van der Waals surface area (Å²) in [5.41, 5.74) is 0.486. The zero-order chi connectivity index (χ0) is 16.0. The molecular formula is C15H25N3O3. The van der Waals surface area contributed by atoms with Crippen molar-refractivity contribution in [1.82, 2.24) is 10.3 Å². The third-order valence-corrected chi connectivity index (χ3v) is 3.41. The Kier molecular flexibility index (Phi) is 6.08. The minimum absolute atomic E-state index is 0.0200. The first-order chi connectivity index (χ1) is 9.79. The van der Waals surface area contributed by atoms with Crippen LogP contribution in [-0.4, -0.2) is 29.6 Å². The van der Waals surface area contributed by atoms with Gasteiger partial charge in [-0.25, -0.2) is 4.98 Å². The average molecular weight is 295 g/mol. The maximum Gasteiger partial charge on any atom is 0.291 e. The molecule has 6 heteroatoms. The normalized spacial score (nSPS) is 13.0. The second-order valence-corrected chi connectivity index (χ2v) is 6.15. The molecule has 1 aromatic rings. The molecule has 1 atom stereocenters. The smallest absolute Gasteiger partial charge is 0.291 e. The van der Waals surface area contributed by atoms with Crippen LogP contribution in [0.4, 0.5) is 5.69 Å². The molecule has 1 aromatic heterocycles. The van der Waals surface area contributed by atoms with Gasteiger partial charge >= 0.3 is 0 Å². The number of ether oxygens (including phenoxy) is 1. The Hall–Kier alpha value is -1.69. The Morgan fingerprint density at radius 1 is 1.43 bits per heavy atom. The zero-order valence-electron chi connectivity index (χ0n) is 13.5. The molecule has 1 rings (SSSR count). The van der Waals surface area contributed by atoms with Gasteiger partial charge in [-0.2, -0.15) is 0 Å². The molecule has 21 heavy (non-hydrogen) atoms. The largest absolute Gasteiger partial charge is 0.481 e. The van der Waals surface area contributed by atoms with Crippen LogP contribution in [0.5, 0.6) is 5.88 Å². The van der Waals surface area contributed by atoms with E-state index in [1.165, 1.54) is 19.2 Å². The van der Waals surface area contributed by atoms with Crippen LogP contribution in [0.15, 0.2) is 12.1 Å². The first kappa shape index (κ1) is 17.4. The lowest BCUT2D eigenvalue weighted by Gasteiger charge is -2.31. The summed E-state index contributed by atoms with van der Waals surface area (Å²) in [6.45, 7) is 9.32. The van der Waals surface area contributed by atoms with Crippen LogP contribution in [-0.2, 0) is 6.42 Å². The monoisotopic (exact) mass is 295 g/mol. The van der Waals surface area contributed by atoms with Crippen LogP contribution in [0.1, 0.15) is 39.8 Å². The lowest BCUT2D eigenvalue weighted by Crippen LogP contribution is -2.42. The molecule has 0 aliphatic carbocycles. The van der Waals surface area contributed by atoms with Crippen molar-refractivity contribution in [2.75, 3.05) is 13.7 Å². The van der Waals surface area contributed by atoms with Crippen molar-refractivity contribution >= 4 is 5.69 Å². The lowest BCUT2D eigenvalue weighted by molar-refractivity contribution is -0.386. The van der Waals surface area contributed by atoms with E-state index in [1.807, 2.05) is 0 Å². The van der Waals surface area contributed by atoms with Crippen molar-refractivity contribution in [3.63, 3.8) is 0 Å². The fourth-order valence-electron chi connectivity index (χ4n) is 2.10. The summed E-state index contributed by atoms with van der Waals surface area (Å²) < 4.78 is 5.08. The molecule has 0 aromatic carbocycles. The van der Waals surface area contributed by atoms with Crippen LogP contribution in [0.25, 0.3) is 0 Å².